The minimum Gasteiger partial charge on any atom is -0.372 e. The summed E-state index contributed by atoms with van der Waals surface area (Å²) in [4.78, 5) is -0.740. The van der Waals surface area contributed by atoms with E-state index < -0.39 is 55.9 Å². The fourth-order valence-corrected chi connectivity index (χ4v) is 5.89. The summed E-state index contributed by atoms with van der Waals surface area (Å²) in [5.41, 5.74) is -2.13. The molecule has 1 heterocycles. The number of hydrogen-bond donors (Lipinski definition) is 0. The first-order valence-corrected chi connectivity index (χ1v) is 11.8. The van der Waals surface area contributed by atoms with E-state index in [9.17, 15) is 25.6 Å². The number of methoxy groups -OCH3 is 1. The zero-order chi connectivity index (χ0) is 23.4. The lowest BCUT2D eigenvalue weighted by atomic mass is 9.84. The van der Waals surface area contributed by atoms with Gasteiger partial charge in [0.1, 0.15) is 10.5 Å². The number of hydrogen-bond acceptors (Lipinski definition) is 5. The SMILES string of the molecule is [2H]C([2H])([2H])OC1(C(F)F)CCc2c(S(=O)(=O)Cl)cn(S(=O)(=O)c3ccc(C)cc3)c2C1. The van der Waals surface area contributed by atoms with Crippen LogP contribution in [0.1, 0.15) is 27.4 Å². The zero-order valence-electron chi connectivity index (χ0n) is 17.5. The largest absolute Gasteiger partial charge is 0.372 e. The van der Waals surface area contributed by atoms with E-state index >= 15 is 0 Å². The van der Waals surface area contributed by atoms with Crippen LogP contribution in [0.2, 0.25) is 0 Å². The fourth-order valence-electron chi connectivity index (χ4n) is 3.26. The molecule has 1 unspecified atom stereocenters. The average molecular weight is 457 g/mol. The summed E-state index contributed by atoms with van der Waals surface area (Å²) < 4.78 is 105. The molecule has 0 fully saturated rings. The molecule has 0 saturated heterocycles. The standard InChI is InChI=1S/C17H18ClF2NO5S2/c1-11-3-5-12(6-4-11)28(24,25)21-10-15(27(18,22)23)13-7-8-17(26-2,16(19)20)9-14(13)21/h3-6,10,16H,7-9H2,1-2H3/i2D3. The maximum absolute atomic E-state index is 14.0. The van der Waals surface area contributed by atoms with E-state index in [0.717, 1.165) is 11.8 Å². The van der Waals surface area contributed by atoms with Gasteiger partial charge in [0.15, 0.2) is 0 Å². The summed E-state index contributed by atoms with van der Waals surface area (Å²) in [6.07, 6.45) is -4.26. The van der Waals surface area contributed by atoms with Crippen molar-refractivity contribution in [2.45, 2.75) is 48.0 Å². The lowest BCUT2D eigenvalue weighted by molar-refractivity contribution is -0.128. The van der Waals surface area contributed by atoms with Crippen LogP contribution in [0.15, 0.2) is 40.3 Å². The van der Waals surface area contributed by atoms with Crippen molar-refractivity contribution in [2.24, 2.45) is 0 Å². The molecule has 28 heavy (non-hydrogen) atoms. The van der Waals surface area contributed by atoms with Crippen LogP contribution in [0.25, 0.3) is 0 Å². The number of rotatable bonds is 5. The molecule has 1 aliphatic rings. The highest BCUT2D eigenvalue weighted by Gasteiger charge is 2.46. The van der Waals surface area contributed by atoms with Crippen molar-refractivity contribution in [3.63, 3.8) is 0 Å². The van der Waals surface area contributed by atoms with Gasteiger partial charge < -0.3 is 4.74 Å². The second kappa shape index (κ2) is 7.08. The predicted octanol–water partition coefficient (Wildman–Crippen LogP) is 3.10. The Morgan fingerprint density at radius 1 is 1.25 bits per heavy atom. The van der Waals surface area contributed by atoms with Crippen molar-refractivity contribution in [3.05, 3.63) is 47.3 Å². The molecule has 154 valence electrons. The molecule has 0 saturated carbocycles. The number of fused-ring (bicyclic) bond motifs is 1. The molecule has 6 nitrogen and oxygen atoms in total. The summed E-state index contributed by atoms with van der Waals surface area (Å²) in [6, 6.07) is 5.61. The lowest BCUT2D eigenvalue weighted by Gasteiger charge is -2.35. The Kier molecular flexibility index (Phi) is 4.40. The van der Waals surface area contributed by atoms with Gasteiger partial charge in [-0.3, -0.25) is 0 Å². The molecule has 0 bridgehead atoms. The van der Waals surface area contributed by atoms with Crippen LogP contribution in [-0.2, 0) is 36.7 Å². The Morgan fingerprint density at radius 2 is 1.89 bits per heavy atom. The van der Waals surface area contributed by atoms with E-state index in [1.807, 2.05) is 0 Å². The van der Waals surface area contributed by atoms with E-state index in [1.54, 1.807) is 6.92 Å². The fraction of sp³-hybridized carbons (Fsp3) is 0.412. The van der Waals surface area contributed by atoms with E-state index in [-0.39, 0.29) is 22.6 Å². The van der Waals surface area contributed by atoms with E-state index in [4.69, 9.17) is 19.5 Å². The predicted molar refractivity (Wildman–Crippen MR) is 99.0 cm³/mol. The molecule has 1 atom stereocenters. The molecule has 0 N–H and O–H groups in total. The van der Waals surface area contributed by atoms with Gasteiger partial charge in [-0.1, -0.05) is 17.7 Å². The van der Waals surface area contributed by atoms with Crippen LogP contribution in [0, 0.1) is 6.92 Å². The molecule has 1 aliphatic carbocycles. The van der Waals surface area contributed by atoms with Crippen molar-refractivity contribution in [2.75, 3.05) is 7.04 Å². The van der Waals surface area contributed by atoms with E-state index in [1.165, 1.54) is 24.3 Å². The van der Waals surface area contributed by atoms with Crippen LogP contribution in [0.4, 0.5) is 8.78 Å². The van der Waals surface area contributed by atoms with Crippen LogP contribution in [0.5, 0.6) is 0 Å². The van der Waals surface area contributed by atoms with Gasteiger partial charge in [-0.2, -0.15) is 0 Å². The first-order valence-electron chi connectivity index (χ1n) is 9.55. The third-order valence-corrected chi connectivity index (χ3v) is 7.94. The minimum absolute atomic E-state index is 0.0592. The first-order chi connectivity index (χ1) is 14.1. The summed E-state index contributed by atoms with van der Waals surface area (Å²) >= 11 is 0. The summed E-state index contributed by atoms with van der Waals surface area (Å²) in [7, 11) is -6.54. The maximum atomic E-state index is 14.0. The Labute approximate surface area is 170 Å². The van der Waals surface area contributed by atoms with Gasteiger partial charge in [-0.05, 0) is 37.5 Å². The summed E-state index contributed by atoms with van der Waals surface area (Å²) in [5, 5.41) is 0. The van der Waals surface area contributed by atoms with E-state index in [2.05, 4.69) is 0 Å². The highest BCUT2D eigenvalue weighted by molar-refractivity contribution is 8.13. The van der Waals surface area contributed by atoms with Crippen LogP contribution < -0.4 is 0 Å². The molecule has 11 heteroatoms. The quantitative estimate of drug-likeness (QED) is 0.645. The van der Waals surface area contributed by atoms with Crippen molar-refractivity contribution >= 4 is 29.8 Å². The highest BCUT2D eigenvalue weighted by Crippen LogP contribution is 2.41. The Hall–Kier alpha value is -1.49. The molecule has 0 spiro atoms. The van der Waals surface area contributed by atoms with Gasteiger partial charge in [-0.25, -0.2) is 29.6 Å². The Balaban J connectivity index is 2.24. The molecule has 0 aliphatic heterocycles. The van der Waals surface area contributed by atoms with Gasteiger partial charge in [-0.15, -0.1) is 0 Å². The number of ether oxygens (including phenoxy) is 1. The van der Waals surface area contributed by atoms with Crippen LogP contribution >= 0.6 is 10.7 Å². The van der Waals surface area contributed by atoms with Crippen molar-refractivity contribution in [1.29, 1.82) is 0 Å². The van der Waals surface area contributed by atoms with E-state index in [0.29, 0.717) is 3.97 Å². The third-order valence-electron chi connectivity index (χ3n) is 4.85. The average Bonchev–Trinajstić information content (AvgIpc) is 3.00. The molecule has 3 rings (SSSR count). The lowest BCUT2D eigenvalue weighted by Crippen LogP contribution is -2.45. The smallest absolute Gasteiger partial charge is 0.267 e. The normalized spacial score (nSPS) is 22.4. The first kappa shape index (κ1) is 17.4. The van der Waals surface area contributed by atoms with Crippen molar-refractivity contribution in [1.82, 2.24) is 3.97 Å². The number of benzene rings is 1. The molecule has 1 aromatic carbocycles. The second-order valence-electron chi connectivity index (χ2n) is 6.61. The molecule has 2 aromatic rings. The summed E-state index contributed by atoms with van der Waals surface area (Å²) in [6.45, 7) is 1.73. The number of alkyl halides is 2. The van der Waals surface area contributed by atoms with Crippen molar-refractivity contribution < 1.29 is 34.5 Å². The van der Waals surface area contributed by atoms with Gasteiger partial charge in [0.05, 0.1) is 9.01 Å². The molecule has 0 radical (unpaired) electrons. The van der Waals surface area contributed by atoms with Gasteiger partial charge >= 0.3 is 0 Å². The summed E-state index contributed by atoms with van der Waals surface area (Å²) in [5.74, 6) is 0. The molecule has 0 amide bonds. The number of nitrogens with zero attached hydrogens (tertiary/aromatic N) is 1. The van der Waals surface area contributed by atoms with Gasteiger partial charge in [0, 0.05) is 36.0 Å². The van der Waals surface area contributed by atoms with Crippen molar-refractivity contribution in [3.8, 4) is 0 Å². The number of aromatic nitrogens is 1. The third kappa shape index (κ3) is 3.47. The van der Waals surface area contributed by atoms with Crippen LogP contribution in [-0.4, -0.2) is 39.9 Å². The topological polar surface area (TPSA) is 82.4 Å². The minimum atomic E-state index is -4.42. The van der Waals surface area contributed by atoms with Gasteiger partial charge in [0.25, 0.3) is 25.5 Å². The highest BCUT2D eigenvalue weighted by atomic mass is 35.7. The number of halogens is 3. The zero-order valence-corrected chi connectivity index (χ0v) is 16.9. The Bertz CT molecular complexity index is 1210. The second-order valence-corrected chi connectivity index (χ2v) is 11.0. The monoisotopic (exact) mass is 456 g/mol. The maximum Gasteiger partial charge on any atom is 0.267 e. The Morgan fingerprint density at radius 3 is 2.43 bits per heavy atom. The number of aryl methyl sites for hydroxylation is 1. The molecule has 1 aromatic heterocycles. The van der Waals surface area contributed by atoms with Crippen LogP contribution in [0.3, 0.4) is 0 Å². The van der Waals surface area contributed by atoms with Gasteiger partial charge in [0.2, 0.25) is 0 Å². The molecular weight excluding hydrogens is 436 g/mol. The molecular formula is C17H18ClF2NO5S2.